The first-order valence-electron chi connectivity index (χ1n) is 10.2. The lowest BCUT2D eigenvalue weighted by Crippen LogP contribution is -2.73. The fourth-order valence-electron chi connectivity index (χ4n) is 4.89. The van der Waals surface area contributed by atoms with E-state index in [0.717, 1.165) is 16.2 Å². The monoisotopic (exact) mass is 436 g/mol. The van der Waals surface area contributed by atoms with Crippen LogP contribution in [0, 0.1) is 15.5 Å². The molecule has 1 N–H and O–H groups in total. The highest BCUT2D eigenvalue weighted by atomic mass is 16.6. The van der Waals surface area contributed by atoms with Crippen LogP contribution in [0.3, 0.4) is 0 Å². The zero-order valence-corrected chi connectivity index (χ0v) is 17.0. The van der Waals surface area contributed by atoms with Crippen LogP contribution in [0.25, 0.3) is 0 Å². The van der Waals surface area contributed by atoms with Crippen LogP contribution in [-0.4, -0.2) is 53.5 Å². The standard InChI is InChI=1S/C22H20N4O6/c27-19-22(20(28)25(21(29)23-19)12-14-4-2-1-3-5-14)11-15-10-16(26(30)31)6-7-17(15)24-8-9-32-13-18(22)24/h1-7,10,18H,8-9,11-13H2,(H,23,27,29)/t18-,22-/m1/s1. The minimum Gasteiger partial charge on any atom is -0.377 e. The van der Waals surface area contributed by atoms with Crippen LogP contribution in [0.1, 0.15) is 11.1 Å². The van der Waals surface area contributed by atoms with Gasteiger partial charge in [0.25, 0.3) is 5.69 Å². The Morgan fingerprint density at radius 1 is 1.16 bits per heavy atom. The average Bonchev–Trinajstić information content (AvgIpc) is 2.80. The van der Waals surface area contributed by atoms with Gasteiger partial charge in [0.15, 0.2) is 5.41 Å². The summed E-state index contributed by atoms with van der Waals surface area (Å²) < 4.78 is 5.63. The first-order chi connectivity index (χ1) is 15.4. The third kappa shape index (κ3) is 2.94. The summed E-state index contributed by atoms with van der Waals surface area (Å²) in [5, 5.41) is 13.7. The molecule has 10 heteroatoms. The Bertz CT molecular complexity index is 1140. The number of nitro groups is 1. The summed E-state index contributed by atoms with van der Waals surface area (Å²) in [6.07, 6.45) is -0.0578. The SMILES string of the molecule is O=C1NC(=O)[C@]2(Cc3cc([N+](=O)[O-])ccc3N3CCOC[C@@H]32)C(=O)N1Cc1ccccc1. The Hall–Kier alpha value is -3.79. The number of hydrogen-bond acceptors (Lipinski definition) is 7. The van der Waals surface area contributed by atoms with Crippen LogP contribution in [0.2, 0.25) is 0 Å². The molecule has 1 spiro atoms. The summed E-state index contributed by atoms with van der Waals surface area (Å²) >= 11 is 0. The van der Waals surface area contributed by atoms with E-state index >= 15 is 0 Å². The van der Waals surface area contributed by atoms with Gasteiger partial charge in [-0.25, -0.2) is 4.79 Å². The maximum absolute atomic E-state index is 13.8. The molecule has 3 aliphatic heterocycles. The zero-order chi connectivity index (χ0) is 22.5. The number of carbonyl (C=O) groups excluding carboxylic acids is 3. The Morgan fingerprint density at radius 3 is 2.69 bits per heavy atom. The van der Waals surface area contributed by atoms with E-state index in [1.807, 2.05) is 11.0 Å². The molecule has 164 valence electrons. The Kier molecular flexibility index (Phi) is 4.66. The molecular weight excluding hydrogens is 416 g/mol. The fourth-order valence-corrected chi connectivity index (χ4v) is 4.89. The van der Waals surface area contributed by atoms with E-state index in [9.17, 15) is 24.5 Å². The number of imide groups is 2. The van der Waals surface area contributed by atoms with Gasteiger partial charge in [-0.15, -0.1) is 0 Å². The normalized spacial score (nSPS) is 24.8. The number of ether oxygens (including phenoxy) is 1. The molecule has 0 unspecified atom stereocenters. The predicted molar refractivity (Wildman–Crippen MR) is 112 cm³/mol. The number of nitrogens with zero attached hydrogens (tertiary/aromatic N) is 3. The number of nitro benzene ring substituents is 1. The van der Waals surface area contributed by atoms with Crippen molar-refractivity contribution >= 4 is 29.2 Å². The van der Waals surface area contributed by atoms with E-state index in [-0.39, 0.29) is 25.3 Å². The molecule has 0 aliphatic carbocycles. The van der Waals surface area contributed by atoms with Gasteiger partial charge in [-0.05, 0) is 17.2 Å². The van der Waals surface area contributed by atoms with Gasteiger partial charge in [0.05, 0.1) is 30.7 Å². The Labute approximate surface area is 182 Å². The third-order valence-corrected chi connectivity index (χ3v) is 6.43. The lowest BCUT2D eigenvalue weighted by atomic mass is 9.68. The van der Waals surface area contributed by atoms with Crippen molar-refractivity contribution in [2.45, 2.75) is 19.0 Å². The lowest BCUT2D eigenvalue weighted by Gasteiger charge is -2.53. The van der Waals surface area contributed by atoms with Gasteiger partial charge in [0.2, 0.25) is 11.8 Å². The summed E-state index contributed by atoms with van der Waals surface area (Å²) in [6, 6.07) is 12.1. The van der Waals surface area contributed by atoms with Crippen molar-refractivity contribution in [3.63, 3.8) is 0 Å². The molecule has 2 atom stereocenters. The van der Waals surface area contributed by atoms with E-state index in [4.69, 9.17) is 4.74 Å². The van der Waals surface area contributed by atoms with E-state index in [1.54, 1.807) is 30.3 Å². The molecule has 10 nitrogen and oxygen atoms in total. The van der Waals surface area contributed by atoms with E-state index in [2.05, 4.69) is 5.32 Å². The zero-order valence-electron chi connectivity index (χ0n) is 17.0. The highest BCUT2D eigenvalue weighted by molar-refractivity contribution is 6.20. The maximum Gasteiger partial charge on any atom is 0.331 e. The summed E-state index contributed by atoms with van der Waals surface area (Å²) in [4.78, 5) is 53.5. The second-order valence-corrected chi connectivity index (χ2v) is 8.14. The first kappa shape index (κ1) is 20.1. The number of hydrogen-bond donors (Lipinski definition) is 1. The number of barbiturate groups is 1. The number of amides is 4. The van der Waals surface area contributed by atoms with Crippen molar-refractivity contribution in [3.05, 3.63) is 69.8 Å². The van der Waals surface area contributed by atoms with Crippen LogP contribution < -0.4 is 10.2 Å². The topological polar surface area (TPSA) is 122 Å². The molecule has 2 fully saturated rings. The van der Waals surface area contributed by atoms with Crippen LogP contribution in [0.4, 0.5) is 16.2 Å². The molecule has 5 rings (SSSR count). The predicted octanol–water partition coefficient (Wildman–Crippen LogP) is 1.62. The van der Waals surface area contributed by atoms with Crippen molar-refractivity contribution in [2.24, 2.45) is 5.41 Å². The van der Waals surface area contributed by atoms with Gasteiger partial charge < -0.3 is 9.64 Å². The van der Waals surface area contributed by atoms with Gasteiger partial charge in [-0.2, -0.15) is 0 Å². The number of carbonyl (C=O) groups is 3. The molecule has 32 heavy (non-hydrogen) atoms. The highest BCUT2D eigenvalue weighted by Gasteiger charge is 2.62. The molecular formula is C22H20N4O6. The summed E-state index contributed by atoms with van der Waals surface area (Å²) in [5.74, 6) is -1.32. The summed E-state index contributed by atoms with van der Waals surface area (Å²) in [7, 11) is 0. The van der Waals surface area contributed by atoms with Gasteiger partial charge in [0.1, 0.15) is 0 Å². The summed E-state index contributed by atoms with van der Waals surface area (Å²) in [5.41, 5.74) is 0.248. The quantitative estimate of drug-likeness (QED) is 0.441. The number of nitrogens with one attached hydrogen (secondary N) is 1. The van der Waals surface area contributed by atoms with Crippen molar-refractivity contribution in [3.8, 4) is 0 Å². The fraction of sp³-hybridized carbons (Fsp3) is 0.318. The number of urea groups is 1. The average molecular weight is 436 g/mol. The third-order valence-electron chi connectivity index (χ3n) is 6.43. The first-order valence-corrected chi connectivity index (χ1v) is 10.2. The van der Waals surface area contributed by atoms with Crippen LogP contribution in [0.5, 0.6) is 0 Å². The van der Waals surface area contributed by atoms with Gasteiger partial charge >= 0.3 is 6.03 Å². The second kappa shape index (κ2) is 7.41. The number of non-ortho nitro benzene ring substituents is 1. The molecule has 2 aromatic rings. The number of fused-ring (bicyclic) bond motifs is 4. The Balaban J connectivity index is 1.61. The Morgan fingerprint density at radius 2 is 1.94 bits per heavy atom. The molecule has 2 aromatic carbocycles. The van der Waals surface area contributed by atoms with Crippen LogP contribution in [-0.2, 0) is 27.3 Å². The molecule has 0 radical (unpaired) electrons. The summed E-state index contributed by atoms with van der Waals surface area (Å²) in [6.45, 7) is 0.953. The van der Waals surface area contributed by atoms with Crippen molar-refractivity contribution in [1.29, 1.82) is 0 Å². The van der Waals surface area contributed by atoms with Crippen molar-refractivity contribution in [2.75, 3.05) is 24.7 Å². The molecule has 0 bridgehead atoms. The molecule has 3 heterocycles. The van der Waals surface area contributed by atoms with Crippen LogP contribution >= 0.6 is 0 Å². The lowest BCUT2D eigenvalue weighted by molar-refractivity contribution is -0.384. The van der Waals surface area contributed by atoms with Gasteiger partial charge in [-0.1, -0.05) is 30.3 Å². The van der Waals surface area contributed by atoms with E-state index in [0.29, 0.717) is 18.7 Å². The number of morpholine rings is 1. The van der Waals surface area contributed by atoms with E-state index in [1.165, 1.54) is 12.1 Å². The minimum absolute atomic E-state index is 0.00983. The number of anilines is 1. The van der Waals surface area contributed by atoms with Crippen LogP contribution in [0.15, 0.2) is 48.5 Å². The minimum atomic E-state index is -1.63. The maximum atomic E-state index is 13.8. The number of rotatable bonds is 3. The molecule has 0 aromatic heterocycles. The highest BCUT2D eigenvalue weighted by Crippen LogP contribution is 2.46. The van der Waals surface area contributed by atoms with E-state index < -0.39 is 34.2 Å². The van der Waals surface area contributed by atoms with Gasteiger partial charge in [-0.3, -0.25) is 29.9 Å². The molecule has 2 saturated heterocycles. The smallest absolute Gasteiger partial charge is 0.331 e. The molecule has 4 amide bonds. The number of benzene rings is 2. The largest absolute Gasteiger partial charge is 0.377 e. The van der Waals surface area contributed by atoms with Crippen molar-refractivity contribution in [1.82, 2.24) is 10.2 Å². The molecule has 0 saturated carbocycles. The molecule has 3 aliphatic rings. The second-order valence-electron chi connectivity index (χ2n) is 8.14. The van der Waals surface area contributed by atoms with Crippen molar-refractivity contribution < 1.29 is 24.0 Å². The van der Waals surface area contributed by atoms with Gasteiger partial charge in [0, 0.05) is 30.8 Å².